The summed E-state index contributed by atoms with van der Waals surface area (Å²) in [6, 6.07) is 11.1. The van der Waals surface area contributed by atoms with E-state index < -0.39 is 5.97 Å². The number of carboxylic acid groups (broad SMARTS) is 1. The molecule has 1 N–H and O–H groups in total. The third-order valence-electron chi connectivity index (χ3n) is 5.01. The number of carbonyl (C=O) groups is 1. The molecule has 1 aliphatic rings. The Morgan fingerprint density at radius 1 is 1.19 bits per heavy atom. The zero-order valence-electron chi connectivity index (χ0n) is 15.0. The van der Waals surface area contributed by atoms with Gasteiger partial charge >= 0.3 is 5.97 Å². The predicted octanol–water partition coefficient (Wildman–Crippen LogP) is 3.47. The standard InChI is InChI=1S/C20H23ClN2O4/c21-20-17(16-4-2-1-3-5-16)10-18(24)23(22-20)11-14-6-8-15(9-7-14)12-27-13-19(25)26/h1-5,10,14-15H,6-9,11-13H2,(H,25,26). The summed E-state index contributed by atoms with van der Waals surface area (Å²) in [5.74, 6) is -0.191. The van der Waals surface area contributed by atoms with Crippen LogP contribution in [-0.4, -0.2) is 34.1 Å². The normalized spacial score (nSPS) is 19.7. The van der Waals surface area contributed by atoms with Crippen molar-refractivity contribution in [1.29, 1.82) is 0 Å². The van der Waals surface area contributed by atoms with Crippen molar-refractivity contribution in [2.45, 2.75) is 32.2 Å². The van der Waals surface area contributed by atoms with E-state index in [-0.39, 0.29) is 12.2 Å². The maximum atomic E-state index is 12.5. The molecule has 1 saturated carbocycles. The molecule has 1 aromatic carbocycles. The van der Waals surface area contributed by atoms with E-state index >= 15 is 0 Å². The van der Waals surface area contributed by atoms with E-state index in [0.717, 1.165) is 31.2 Å². The summed E-state index contributed by atoms with van der Waals surface area (Å²) < 4.78 is 6.65. The summed E-state index contributed by atoms with van der Waals surface area (Å²) in [6.07, 6.45) is 3.87. The van der Waals surface area contributed by atoms with Gasteiger partial charge in [-0.25, -0.2) is 9.48 Å². The number of halogens is 1. The second-order valence-corrected chi connectivity index (χ2v) is 7.39. The van der Waals surface area contributed by atoms with Crippen molar-refractivity contribution >= 4 is 17.6 Å². The molecule has 6 nitrogen and oxygen atoms in total. The minimum atomic E-state index is -0.940. The van der Waals surface area contributed by atoms with Crippen molar-refractivity contribution < 1.29 is 14.6 Å². The number of ether oxygens (including phenoxy) is 1. The van der Waals surface area contributed by atoms with Gasteiger partial charge in [0.15, 0.2) is 5.15 Å². The van der Waals surface area contributed by atoms with Crippen LogP contribution in [-0.2, 0) is 16.1 Å². The maximum Gasteiger partial charge on any atom is 0.329 e. The monoisotopic (exact) mass is 390 g/mol. The third-order valence-corrected chi connectivity index (χ3v) is 5.29. The number of aromatic nitrogens is 2. The molecule has 1 aliphatic carbocycles. The van der Waals surface area contributed by atoms with E-state index in [9.17, 15) is 9.59 Å². The highest BCUT2D eigenvalue weighted by Gasteiger charge is 2.23. The van der Waals surface area contributed by atoms with Crippen LogP contribution in [0.2, 0.25) is 5.15 Å². The number of hydrogen-bond donors (Lipinski definition) is 1. The highest BCUT2D eigenvalue weighted by atomic mass is 35.5. The van der Waals surface area contributed by atoms with Crippen molar-refractivity contribution in [3.05, 3.63) is 51.9 Å². The first kappa shape index (κ1) is 19.6. The van der Waals surface area contributed by atoms with Gasteiger partial charge in [-0.05, 0) is 43.1 Å². The molecule has 0 bridgehead atoms. The number of nitrogens with zero attached hydrogens (tertiary/aromatic N) is 2. The van der Waals surface area contributed by atoms with Gasteiger partial charge in [0.1, 0.15) is 6.61 Å². The Labute approximate surface area is 162 Å². The lowest BCUT2D eigenvalue weighted by molar-refractivity contribution is -0.142. The van der Waals surface area contributed by atoms with Gasteiger partial charge in [0.25, 0.3) is 5.56 Å². The van der Waals surface area contributed by atoms with Crippen molar-refractivity contribution in [3.63, 3.8) is 0 Å². The summed E-state index contributed by atoms with van der Waals surface area (Å²) in [7, 11) is 0. The predicted molar refractivity (Wildman–Crippen MR) is 103 cm³/mol. The van der Waals surface area contributed by atoms with Crippen LogP contribution < -0.4 is 5.56 Å². The molecule has 0 saturated heterocycles. The van der Waals surface area contributed by atoms with Crippen LogP contribution in [0, 0.1) is 11.8 Å². The average molecular weight is 391 g/mol. The number of benzene rings is 1. The summed E-state index contributed by atoms with van der Waals surface area (Å²) in [5, 5.41) is 13.3. The molecule has 0 radical (unpaired) electrons. The van der Waals surface area contributed by atoms with Gasteiger partial charge in [-0.2, -0.15) is 5.10 Å². The summed E-state index contributed by atoms with van der Waals surface area (Å²) in [6.45, 7) is 0.788. The molecule has 144 valence electrons. The summed E-state index contributed by atoms with van der Waals surface area (Å²) in [5.41, 5.74) is 1.38. The summed E-state index contributed by atoms with van der Waals surface area (Å²) in [4.78, 5) is 23.0. The fraction of sp³-hybridized carbons (Fsp3) is 0.450. The lowest BCUT2D eigenvalue weighted by Crippen LogP contribution is -2.29. The number of rotatable bonds is 7. The molecule has 0 spiro atoms. The quantitative estimate of drug-likeness (QED) is 0.782. The summed E-state index contributed by atoms with van der Waals surface area (Å²) >= 11 is 6.32. The van der Waals surface area contributed by atoms with Gasteiger partial charge in [0.05, 0.1) is 6.61 Å². The van der Waals surface area contributed by atoms with Gasteiger partial charge in [-0.3, -0.25) is 4.79 Å². The van der Waals surface area contributed by atoms with Crippen molar-refractivity contribution in [2.24, 2.45) is 11.8 Å². The van der Waals surface area contributed by atoms with Gasteiger partial charge in [0.2, 0.25) is 0 Å². The highest BCUT2D eigenvalue weighted by Crippen LogP contribution is 2.30. The van der Waals surface area contributed by atoms with Crippen molar-refractivity contribution in [1.82, 2.24) is 9.78 Å². The molecule has 0 amide bonds. The Hall–Kier alpha value is -2.18. The molecule has 0 atom stereocenters. The van der Waals surface area contributed by atoms with E-state index in [2.05, 4.69) is 5.10 Å². The van der Waals surface area contributed by atoms with Crippen LogP contribution in [0.15, 0.2) is 41.2 Å². The van der Waals surface area contributed by atoms with Crippen LogP contribution in [0.1, 0.15) is 25.7 Å². The Morgan fingerprint density at radius 3 is 2.52 bits per heavy atom. The fourth-order valence-corrected chi connectivity index (χ4v) is 3.81. The van der Waals surface area contributed by atoms with E-state index in [1.807, 2.05) is 30.3 Å². The van der Waals surface area contributed by atoms with Gasteiger partial charge in [-0.15, -0.1) is 0 Å². The second kappa shape index (κ2) is 9.15. The topological polar surface area (TPSA) is 81.4 Å². The maximum absolute atomic E-state index is 12.5. The first-order chi connectivity index (χ1) is 13.0. The van der Waals surface area contributed by atoms with E-state index in [1.54, 1.807) is 6.07 Å². The Kier molecular flexibility index (Phi) is 6.63. The van der Waals surface area contributed by atoms with Crippen LogP contribution in [0.25, 0.3) is 11.1 Å². The molecule has 3 rings (SSSR count). The average Bonchev–Trinajstić information content (AvgIpc) is 2.66. The first-order valence-corrected chi connectivity index (χ1v) is 9.53. The zero-order valence-corrected chi connectivity index (χ0v) is 15.8. The lowest BCUT2D eigenvalue weighted by Gasteiger charge is -2.28. The fourth-order valence-electron chi connectivity index (χ4n) is 3.56. The Bertz CT molecular complexity index is 830. The SMILES string of the molecule is O=C(O)COCC1CCC(Cn2nc(Cl)c(-c3ccccc3)cc2=O)CC1. The number of hydrogen-bond acceptors (Lipinski definition) is 4. The Balaban J connectivity index is 1.58. The molecule has 1 aromatic heterocycles. The van der Waals surface area contributed by atoms with Crippen molar-refractivity contribution in [2.75, 3.05) is 13.2 Å². The Morgan fingerprint density at radius 2 is 1.85 bits per heavy atom. The van der Waals surface area contributed by atoms with Gasteiger partial charge < -0.3 is 9.84 Å². The molecule has 1 fully saturated rings. The van der Waals surface area contributed by atoms with E-state index in [1.165, 1.54) is 4.68 Å². The van der Waals surface area contributed by atoms with E-state index in [4.69, 9.17) is 21.4 Å². The largest absolute Gasteiger partial charge is 0.480 e. The molecular weight excluding hydrogens is 368 g/mol. The molecule has 27 heavy (non-hydrogen) atoms. The van der Waals surface area contributed by atoms with Crippen LogP contribution in [0.4, 0.5) is 0 Å². The smallest absolute Gasteiger partial charge is 0.329 e. The molecule has 0 unspecified atom stereocenters. The minimum Gasteiger partial charge on any atom is -0.480 e. The zero-order chi connectivity index (χ0) is 19.2. The second-order valence-electron chi connectivity index (χ2n) is 7.03. The van der Waals surface area contributed by atoms with Crippen LogP contribution >= 0.6 is 11.6 Å². The number of aliphatic carboxylic acids is 1. The van der Waals surface area contributed by atoms with Crippen molar-refractivity contribution in [3.8, 4) is 11.1 Å². The first-order valence-electron chi connectivity index (χ1n) is 9.15. The third kappa shape index (κ3) is 5.40. The lowest BCUT2D eigenvalue weighted by atomic mass is 9.82. The molecule has 7 heteroatoms. The number of carboxylic acids is 1. The van der Waals surface area contributed by atoms with Crippen LogP contribution in [0.5, 0.6) is 0 Å². The van der Waals surface area contributed by atoms with Gasteiger partial charge in [-0.1, -0.05) is 41.9 Å². The molecule has 2 aromatic rings. The molecular formula is C20H23ClN2O4. The van der Waals surface area contributed by atoms with E-state index in [0.29, 0.717) is 35.7 Å². The van der Waals surface area contributed by atoms with Crippen LogP contribution in [0.3, 0.4) is 0 Å². The molecule has 1 heterocycles. The van der Waals surface area contributed by atoms with Gasteiger partial charge in [0, 0.05) is 18.2 Å². The highest BCUT2D eigenvalue weighted by molar-refractivity contribution is 6.32. The minimum absolute atomic E-state index is 0.148. The molecule has 0 aliphatic heterocycles.